The van der Waals surface area contributed by atoms with Gasteiger partial charge in [0.05, 0.1) is 24.5 Å². The summed E-state index contributed by atoms with van der Waals surface area (Å²) in [4.78, 5) is 32.5. The van der Waals surface area contributed by atoms with Gasteiger partial charge in [-0.2, -0.15) is 0 Å². The number of methoxy groups -OCH3 is 1. The van der Waals surface area contributed by atoms with Crippen molar-refractivity contribution in [1.29, 1.82) is 0 Å². The van der Waals surface area contributed by atoms with E-state index in [1.807, 2.05) is 149 Å². The molecule has 6 heteroatoms. The van der Waals surface area contributed by atoms with Crippen LogP contribution in [0.2, 0.25) is 0 Å². The van der Waals surface area contributed by atoms with E-state index in [0.717, 1.165) is 16.9 Å². The number of ether oxygens (including phenoxy) is 2. The molecule has 212 valence electrons. The van der Waals surface area contributed by atoms with Crippen LogP contribution in [0.4, 0.5) is 11.4 Å². The zero-order chi connectivity index (χ0) is 29.4. The van der Waals surface area contributed by atoms with E-state index in [1.54, 1.807) is 7.11 Å². The molecule has 0 radical (unpaired) electrons. The van der Waals surface area contributed by atoms with E-state index in [4.69, 9.17) is 9.47 Å². The van der Waals surface area contributed by atoms with Crippen molar-refractivity contribution < 1.29 is 19.1 Å². The van der Waals surface area contributed by atoms with Gasteiger partial charge in [-0.3, -0.25) is 19.4 Å². The van der Waals surface area contributed by atoms with Crippen molar-refractivity contribution in [3.05, 3.63) is 156 Å². The van der Waals surface area contributed by atoms with Crippen LogP contribution in [-0.2, 0) is 10.3 Å². The summed E-state index contributed by atoms with van der Waals surface area (Å²) >= 11 is 0. The molecule has 1 saturated heterocycles. The monoisotopic (exact) mass is 566 g/mol. The number of hydrogen-bond acceptors (Lipinski definition) is 4. The van der Waals surface area contributed by atoms with E-state index < -0.39 is 17.7 Å². The number of β-lactam (4-membered cyclic amide) rings is 1. The minimum atomic E-state index is -0.902. The highest BCUT2D eigenvalue weighted by atomic mass is 16.5. The van der Waals surface area contributed by atoms with Gasteiger partial charge in [0.15, 0.2) is 0 Å². The number of anilines is 2. The number of carbonyl (C=O) groups is 2. The average molecular weight is 567 g/mol. The van der Waals surface area contributed by atoms with Crippen molar-refractivity contribution in [2.45, 2.75) is 24.1 Å². The number of rotatable bonds is 6. The predicted molar refractivity (Wildman–Crippen MR) is 167 cm³/mol. The highest BCUT2D eigenvalue weighted by Gasteiger charge is 2.66. The lowest BCUT2D eigenvalue weighted by molar-refractivity contribution is -0.142. The second-order valence-corrected chi connectivity index (χ2v) is 10.8. The van der Waals surface area contributed by atoms with E-state index in [2.05, 4.69) is 0 Å². The lowest BCUT2D eigenvalue weighted by Gasteiger charge is -2.56. The van der Waals surface area contributed by atoms with Gasteiger partial charge in [0.25, 0.3) is 11.8 Å². The van der Waals surface area contributed by atoms with E-state index in [1.165, 1.54) is 0 Å². The topological polar surface area (TPSA) is 59.1 Å². The molecule has 0 aromatic heterocycles. The van der Waals surface area contributed by atoms with Crippen LogP contribution < -0.4 is 19.3 Å². The Balaban J connectivity index is 1.48. The number of fused-ring (bicyclic) bond motifs is 3. The summed E-state index contributed by atoms with van der Waals surface area (Å²) in [5.74, 6) is 1.05. The van der Waals surface area contributed by atoms with E-state index in [-0.39, 0.29) is 11.8 Å². The summed E-state index contributed by atoms with van der Waals surface area (Å²) in [6.07, 6.45) is -0.405. The molecular weight excluding hydrogens is 536 g/mol. The Bertz CT molecular complexity index is 1760. The fourth-order valence-electron chi connectivity index (χ4n) is 6.48. The minimum absolute atomic E-state index is 0.146. The first-order valence-electron chi connectivity index (χ1n) is 14.3. The van der Waals surface area contributed by atoms with Crippen molar-refractivity contribution in [3.63, 3.8) is 0 Å². The van der Waals surface area contributed by atoms with Gasteiger partial charge < -0.3 is 9.47 Å². The predicted octanol–water partition coefficient (Wildman–Crippen LogP) is 7.18. The van der Waals surface area contributed by atoms with Crippen LogP contribution in [0.5, 0.6) is 11.5 Å². The van der Waals surface area contributed by atoms with Gasteiger partial charge in [0, 0.05) is 12.0 Å². The Labute approximate surface area is 250 Å². The summed E-state index contributed by atoms with van der Waals surface area (Å²) in [6, 6.07) is 43.8. The lowest BCUT2D eigenvalue weighted by Crippen LogP contribution is -2.74. The first-order valence-corrected chi connectivity index (χ1v) is 14.3. The third-order valence-corrected chi connectivity index (χ3v) is 8.49. The number of carbonyl (C=O) groups excluding carboxylic acids is 2. The molecule has 0 bridgehead atoms. The largest absolute Gasteiger partial charge is 0.497 e. The third-order valence-electron chi connectivity index (χ3n) is 8.49. The number of nitrogens with zero attached hydrogens (tertiary/aromatic N) is 2. The average Bonchev–Trinajstić information content (AvgIpc) is 3.19. The van der Waals surface area contributed by atoms with E-state index >= 15 is 0 Å². The Morgan fingerprint density at radius 3 is 1.93 bits per heavy atom. The molecule has 0 aliphatic carbocycles. The number of benzene rings is 5. The molecule has 2 aliphatic heterocycles. The van der Waals surface area contributed by atoms with Gasteiger partial charge in [0.2, 0.25) is 6.10 Å². The fraction of sp³-hybridized carbons (Fsp3) is 0.135. The van der Waals surface area contributed by atoms with Crippen molar-refractivity contribution in [2.75, 3.05) is 16.9 Å². The third kappa shape index (κ3) is 4.34. The zero-order valence-corrected chi connectivity index (χ0v) is 23.7. The molecule has 2 amide bonds. The molecular formula is C37H30N2O4. The first-order chi connectivity index (χ1) is 21.1. The highest BCUT2D eigenvalue weighted by molar-refractivity contribution is 6.14. The quantitative estimate of drug-likeness (QED) is 0.204. The van der Waals surface area contributed by atoms with Crippen LogP contribution in [-0.4, -0.2) is 25.0 Å². The normalized spacial score (nSPS) is 20.7. The van der Waals surface area contributed by atoms with Crippen molar-refractivity contribution >= 4 is 23.2 Å². The zero-order valence-electron chi connectivity index (χ0n) is 23.7. The molecule has 5 aromatic rings. The van der Waals surface area contributed by atoms with E-state index in [0.29, 0.717) is 29.1 Å². The molecule has 7 rings (SSSR count). The SMILES string of the molecule is COc1ccc([C@@H]2C[C@]3(c4ccccc4)[C@H](Oc4ccccc4)C(=O)N3c3ccccc3N2C(=O)c2ccccc2)cc1. The minimum Gasteiger partial charge on any atom is -0.497 e. The summed E-state index contributed by atoms with van der Waals surface area (Å²) in [7, 11) is 1.63. The maximum Gasteiger partial charge on any atom is 0.271 e. The van der Waals surface area contributed by atoms with Crippen LogP contribution in [0.1, 0.15) is 33.9 Å². The van der Waals surface area contributed by atoms with Crippen molar-refractivity contribution in [2.24, 2.45) is 0 Å². The summed E-state index contributed by atoms with van der Waals surface area (Å²) in [5.41, 5.74) is 2.87. The smallest absolute Gasteiger partial charge is 0.271 e. The Morgan fingerprint density at radius 2 is 1.28 bits per heavy atom. The molecule has 3 atom stereocenters. The molecule has 0 saturated carbocycles. The van der Waals surface area contributed by atoms with Crippen molar-refractivity contribution in [1.82, 2.24) is 0 Å². The summed E-state index contributed by atoms with van der Waals surface area (Å²) in [6.45, 7) is 0. The van der Waals surface area contributed by atoms with Crippen LogP contribution in [0.25, 0.3) is 0 Å². The van der Waals surface area contributed by atoms with Crippen LogP contribution in [0.15, 0.2) is 140 Å². The molecule has 1 fully saturated rings. The van der Waals surface area contributed by atoms with Gasteiger partial charge in [-0.25, -0.2) is 0 Å². The Hall–Kier alpha value is -5.36. The van der Waals surface area contributed by atoms with Crippen molar-refractivity contribution in [3.8, 4) is 11.5 Å². The van der Waals surface area contributed by atoms with Crippen LogP contribution >= 0.6 is 0 Å². The standard InChI is InChI=1S/C37H30N2O4/c1-42-29-23-21-26(22-24-29)33-25-37(28-15-7-3-8-16-28)34(43-30-17-9-4-10-18-30)36(41)39(37)32-20-12-11-19-31(32)38(33)35(40)27-13-5-2-6-14-27/h2-24,33-34H,25H2,1H3/t33-,34+,37-/m0/s1. The summed E-state index contributed by atoms with van der Waals surface area (Å²) < 4.78 is 12.0. The van der Waals surface area contributed by atoms with Gasteiger partial charge in [-0.15, -0.1) is 0 Å². The van der Waals surface area contributed by atoms with Crippen LogP contribution in [0.3, 0.4) is 0 Å². The molecule has 0 spiro atoms. The lowest BCUT2D eigenvalue weighted by atomic mass is 9.70. The molecule has 0 unspecified atom stereocenters. The number of para-hydroxylation sites is 3. The molecule has 6 nitrogen and oxygen atoms in total. The molecule has 2 heterocycles. The van der Waals surface area contributed by atoms with Gasteiger partial charge in [-0.05, 0) is 59.7 Å². The molecule has 2 aliphatic rings. The molecule has 43 heavy (non-hydrogen) atoms. The van der Waals surface area contributed by atoms with Gasteiger partial charge in [-0.1, -0.05) is 91.0 Å². The highest BCUT2D eigenvalue weighted by Crippen LogP contribution is 2.57. The molecule has 5 aromatic carbocycles. The Kier molecular flexibility index (Phi) is 6.67. The first kappa shape index (κ1) is 26.5. The second-order valence-electron chi connectivity index (χ2n) is 10.8. The van der Waals surface area contributed by atoms with Crippen LogP contribution in [0, 0.1) is 0 Å². The maximum atomic E-state index is 14.5. The number of hydrogen-bond donors (Lipinski definition) is 0. The fourth-order valence-corrected chi connectivity index (χ4v) is 6.48. The van der Waals surface area contributed by atoms with Gasteiger partial charge >= 0.3 is 0 Å². The molecule has 0 N–H and O–H groups in total. The van der Waals surface area contributed by atoms with Gasteiger partial charge in [0.1, 0.15) is 17.0 Å². The summed E-state index contributed by atoms with van der Waals surface area (Å²) in [5, 5.41) is 0. The Morgan fingerprint density at radius 1 is 0.698 bits per heavy atom. The second kappa shape index (κ2) is 10.8. The number of amides is 2. The maximum absolute atomic E-state index is 14.5. The van der Waals surface area contributed by atoms with E-state index in [9.17, 15) is 9.59 Å².